The first-order valence-corrected chi connectivity index (χ1v) is 23.3. The summed E-state index contributed by atoms with van der Waals surface area (Å²) in [5.41, 5.74) is 15.2. The molecule has 0 saturated heterocycles. The van der Waals surface area contributed by atoms with E-state index in [1.807, 2.05) is 22.7 Å². The number of nitrogens with zero attached hydrogens (tertiary/aromatic N) is 2. The SMILES string of the molecule is c1ccc(-c2cc(-c3ccc(-c4cccc5c4sc4ccccc45)cc3)nc3c2ccc2c(-c4ccccc4)cc(-c4ccc(-c5cccc6c5sc5ccccc56)cc4)nc23)cc1. The standard InChI is InChI=1S/C60H36N2S2/c1-3-13-37(14-4-1)51-35-53(41-29-25-39(26-30-41)43-19-11-21-49-45-17-7-9-23-55(45)63-59(43)49)61-57-47(51)33-34-48-52(38-15-5-2-6-16-38)36-54(62-58(48)57)42-31-27-40(28-32-42)44-20-12-22-50-46-18-8-10-24-56(46)64-60(44)50/h1-36H. The lowest BCUT2D eigenvalue weighted by atomic mass is 9.93. The minimum Gasteiger partial charge on any atom is -0.245 e. The van der Waals surface area contributed by atoms with Crippen LogP contribution in [0.25, 0.3) is 129 Å². The van der Waals surface area contributed by atoms with Gasteiger partial charge in [0, 0.05) is 62.2 Å². The number of hydrogen-bond donors (Lipinski definition) is 0. The molecule has 4 aromatic heterocycles. The zero-order valence-corrected chi connectivity index (χ0v) is 36.1. The fourth-order valence-corrected chi connectivity index (χ4v) is 12.1. The van der Waals surface area contributed by atoms with E-state index in [2.05, 4.69) is 218 Å². The second kappa shape index (κ2) is 15.0. The molecule has 0 unspecified atom stereocenters. The third-order valence-corrected chi connectivity index (χ3v) is 15.2. The Morgan fingerprint density at radius 2 is 0.609 bits per heavy atom. The van der Waals surface area contributed by atoms with Crippen molar-refractivity contribution < 1.29 is 0 Å². The van der Waals surface area contributed by atoms with Crippen molar-refractivity contribution in [1.29, 1.82) is 0 Å². The Balaban J connectivity index is 0.980. The molecule has 2 nitrogen and oxygen atoms in total. The van der Waals surface area contributed by atoms with Crippen LogP contribution in [0, 0.1) is 0 Å². The van der Waals surface area contributed by atoms with E-state index in [4.69, 9.17) is 9.97 Å². The molecule has 0 bridgehead atoms. The Morgan fingerprint density at radius 1 is 0.250 bits per heavy atom. The van der Waals surface area contributed by atoms with Gasteiger partial charge in [0.15, 0.2) is 0 Å². The summed E-state index contributed by atoms with van der Waals surface area (Å²) in [5.74, 6) is 0. The number of benzene rings is 9. The summed E-state index contributed by atoms with van der Waals surface area (Å²) in [7, 11) is 0. The zero-order valence-electron chi connectivity index (χ0n) is 34.5. The highest BCUT2D eigenvalue weighted by atomic mass is 32.1. The van der Waals surface area contributed by atoms with Gasteiger partial charge in [0.1, 0.15) is 0 Å². The molecule has 64 heavy (non-hydrogen) atoms. The van der Waals surface area contributed by atoms with Gasteiger partial charge in [-0.3, -0.25) is 0 Å². The van der Waals surface area contributed by atoms with Gasteiger partial charge in [0.2, 0.25) is 0 Å². The number of thiophene rings is 2. The molecule has 0 aliphatic heterocycles. The molecule has 0 amide bonds. The predicted octanol–water partition coefficient (Wildman–Crippen LogP) is 17.5. The first-order valence-electron chi connectivity index (χ1n) is 21.6. The first-order chi connectivity index (χ1) is 31.7. The smallest absolute Gasteiger partial charge is 0.0978 e. The maximum atomic E-state index is 5.55. The van der Waals surface area contributed by atoms with Crippen molar-refractivity contribution in [1.82, 2.24) is 9.97 Å². The molecule has 9 aromatic carbocycles. The lowest BCUT2D eigenvalue weighted by molar-refractivity contribution is 1.36. The van der Waals surface area contributed by atoms with Gasteiger partial charge < -0.3 is 0 Å². The van der Waals surface area contributed by atoms with Crippen molar-refractivity contribution >= 4 is 84.8 Å². The third-order valence-electron chi connectivity index (χ3n) is 12.7. The fourth-order valence-electron chi connectivity index (χ4n) is 9.57. The molecule has 13 rings (SSSR count). The highest BCUT2D eigenvalue weighted by Gasteiger charge is 2.19. The number of aromatic nitrogens is 2. The first kappa shape index (κ1) is 36.9. The molecular weight excluding hydrogens is 813 g/mol. The Bertz CT molecular complexity index is 3660. The highest BCUT2D eigenvalue weighted by Crippen LogP contribution is 2.44. The Hall–Kier alpha value is -7.76. The van der Waals surface area contributed by atoms with E-state index in [-0.39, 0.29) is 0 Å². The summed E-state index contributed by atoms with van der Waals surface area (Å²) in [4.78, 5) is 11.1. The molecule has 0 aliphatic rings. The molecule has 0 fully saturated rings. The Morgan fingerprint density at radius 3 is 1.05 bits per heavy atom. The van der Waals surface area contributed by atoms with Crippen LogP contribution in [0.1, 0.15) is 0 Å². The van der Waals surface area contributed by atoms with Crippen LogP contribution >= 0.6 is 22.7 Å². The normalized spacial score (nSPS) is 11.8. The molecule has 0 atom stereocenters. The average molecular weight is 849 g/mol. The summed E-state index contributed by atoms with van der Waals surface area (Å²) in [6.45, 7) is 0. The van der Waals surface area contributed by atoms with Crippen LogP contribution in [0.15, 0.2) is 218 Å². The molecule has 0 radical (unpaired) electrons. The number of hydrogen-bond acceptors (Lipinski definition) is 4. The van der Waals surface area contributed by atoms with E-state index in [1.165, 1.54) is 62.6 Å². The summed E-state index contributed by atoms with van der Waals surface area (Å²) in [6.07, 6.45) is 0. The number of fused-ring (bicyclic) bond motifs is 9. The van der Waals surface area contributed by atoms with Crippen molar-refractivity contribution in [3.05, 3.63) is 218 Å². The quantitative estimate of drug-likeness (QED) is 0.156. The van der Waals surface area contributed by atoms with Crippen LogP contribution in [-0.4, -0.2) is 9.97 Å². The fraction of sp³-hybridized carbons (Fsp3) is 0. The predicted molar refractivity (Wildman–Crippen MR) is 275 cm³/mol. The van der Waals surface area contributed by atoms with Gasteiger partial charge in [-0.05, 0) is 68.8 Å². The van der Waals surface area contributed by atoms with Gasteiger partial charge in [-0.25, -0.2) is 9.97 Å². The topological polar surface area (TPSA) is 25.8 Å². The van der Waals surface area contributed by atoms with Crippen molar-refractivity contribution in [2.24, 2.45) is 0 Å². The van der Waals surface area contributed by atoms with Gasteiger partial charge in [-0.1, -0.05) is 194 Å². The summed E-state index contributed by atoms with van der Waals surface area (Å²) in [6, 6.07) is 79.0. The van der Waals surface area contributed by atoms with Crippen molar-refractivity contribution in [2.45, 2.75) is 0 Å². The van der Waals surface area contributed by atoms with Gasteiger partial charge in [0.05, 0.1) is 22.4 Å². The second-order valence-corrected chi connectivity index (χ2v) is 18.5. The number of rotatable bonds is 6. The molecule has 0 N–H and O–H groups in total. The Kier molecular flexibility index (Phi) is 8.61. The monoisotopic (exact) mass is 848 g/mol. The van der Waals surface area contributed by atoms with Crippen LogP contribution in [0.2, 0.25) is 0 Å². The summed E-state index contributed by atoms with van der Waals surface area (Å²) < 4.78 is 5.26. The lowest BCUT2D eigenvalue weighted by Gasteiger charge is -2.16. The van der Waals surface area contributed by atoms with Gasteiger partial charge in [-0.15, -0.1) is 22.7 Å². The maximum absolute atomic E-state index is 5.55. The van der Waals surface area contributed by atoms with Gasteiger partial charge in [0.25, 0.3) is 0 Å². The summed E-state index contributed by atoms with van der Waals surface area (Å²) in [5, 5.41) is 7.39. The minimum atomic E-state index is 0.889. The average Bonchev–Trinajstić information content (AvgIpc) is 3.95. The molecule has 4 heterocycles. The highest BCUT2D eigenvalue weighted by molar-refractivity contribution is 7.26. The van der Waals surface area contributed by atoms with Gasteiger partial charge in [-0.2, -0.15) is 0 Å². The maximum Gasteiger partial charge on any atom is 0.0978 e. The molecule has 4 heteroatoms. The molecular formula is C60H36N2S2. The number of pyridine rings is 2. The molecule has 0 aliphatic carbocycles. The van der Waals surface area contributed by atoms with E-state index < -0.39 is 0 Å². The minimum absolute atomic E-state index is 0.889. The molecule has 0 saturated carbocycles. The summed E-state index contributed by atoms with van der Waals surface area (Å²) >= 11 is 3.73. The second-order valence-electron chi connectivity index (χ2n) is 16.4. The molecule has 0 spiro atoms. The van der Waals surface area contributed by atoms with Crippen molar-refractivity contribution in [3.63, 3.8) is 0 Å². The van der Waals surface area contributed by atoms with Crippen LogP contribution < -0.4 is 0 Å². The van der Waals surface area contributed by atoms with Crippen LogP contribution in [-0.2, 0) is 0 Å². The van der Waals surface area contributed by atoms with E-state index in [9.17, 15) is 0 Å². The van der Waals surface area contributed by atoms with Crippen molar-refractivity contribution in [2.75, 3.05) is 0 Å². The van der Waals surface area contributed by atoms with E-state index in [0.717, 1.165) is 66.6 Å². The lowest BCUT2D eigenvalue weighted by Crippen LogP contribution is -1.95. The zero-order chi connectivity index (χ0) is 42.1. The molecule has 13 aromatic rings. The Labute approximate surface area is 378 Å². The molecule has 298 valence electrons. The van der Waals surface area contributed by atoms with Crippen molar-refractivity contribution in [3.8, 4) is 67.0 Å². The van der Waals surface area contributed by atoms with E-state index >= 15 is 0 Å². The van der Waals surface area contributed by atoms with Gasteiger partial charge >= 0.3 is 0 Å². The van der Waals surface area contributed by atoms with Crippen LogP contribution in [0.4, 0.5) is 0 Å². The van der Waals surface area contributed by atoms with E-state index in [1.54, 1.807) is 0 Å². The van der Waals surface area contributed by atoms with Crippen LogP contribution in [0.3, 0.4) is 0 Å². The third kappa shape index (κ3) is 6.06. The van der Waals surface area contributed by atoms with Crippen LogP contribution in [0.5, 0.6) is 0 Å². The van der Waals surface area contributed by atoms with E-state index in [0.29, 0.717) is 0 Å². The largest absolute Gasteiger partial charge is 0.245 e.